The Hall–Kier alpha value is -1.34. The zero-order chi connectivity index (χ0) is 14.9. The summed E-state index contributed by atoms with van der Waals surface area (Å²) in [5.74, 6) is -0.422. The standard InChI is InChI=1S/C13H12Br2N2O3/c1-7-3-9(17(2)16-7)6-20-12-10(14)4-8(13(18)19)5-11(12)15/h3-5H,6H2,1-2H3,(H,18,19). The normalized spacial score (nSPS) is 10.6. The molecule has 0 aliphatic rings. The van der Waals surface area contributed by atoms with Crippen molar-refractivity contribution in [3.63, 3.8) is 0 Å². The predicted molar refractivity (Wildman–Crippen MR) is 81.1 cm³/mol. The number of rotatable bonds is 4. The fourth-order valence-corrected chi connectivity index (χ4v) is 3.18. The monoisotopic (exact) mass is 402 g/mol. The zero-order valence-electron chi connectivity index (χ0n) is 10.9. The van der Waals surface area contributed by atoms with E-state index in [9.17, 15) is 4.79 Å². The predicted octanol–water partition coefficient (Wildman–Crippen LogP) is 3.53. The number of hydrogen-bond donors (Lipinski definition) is 1. The molecule has 0 unspecified atom stereocenters. The van der Waals surface area contributed by atoms with Crippen LogP contribution < -0.4 is 4.74 Å². The first-order chi connectivity index (χ1) is 9.38. The quantitative estimate of drug-likeness (QED) is 0.847. The Morgan fingerprint density at radius 1 is 1.35 bits per heavy atom. The maximum absolute atomic E-state index is 10.9. The van der Waals surface area contributed by atoms with Gasteiger partial charge in [-0.15, -0.1) is 0 Å². The number of carboxylic acid groups (broad SMARTS) is 1. The maximum Gasteiger partial charge on any atom is 0.335 e. The van der Waals surface area contributed by atoms with E-state index in [4.69, 9.17) is 9.84 Å². The molecule has 1 aromatic heterocycles. The van der Waals surface area contributed by atoms with Crippen LogP contribution in [0, 0.1) is 6.92 Å². The van der Waals surface area contributed by atoms with Gasteiger partial charge in [0.25, 0.3) is 0 Å². The Morgan fingerprint density at radius 3 is 2.40 bits per heavy atom. The van der Waals surface area contributed by atoms with Crippen LogP contribution in [0.5, 0.6) is 5.75 Å². The topological polar surface area (TPSA) is 64.3 Å². The number of halogens is 2. The van der Waals surface area contributed by atoms with E-state index in [1.165, 1.54) is 12.1 Å². The Bertz CT molecular complexity index is 645. The summed E-state index contributed by atoms with van der Waals surface area (Å²) in [6.45, 7) is 2.26. The lowest BCUT2D eigenvalue weighted by atomic mass is 10.2. The van der Waals surface area contributed by atoms with Gasteiger partial charge in [0, 0.05) is 7.05 Å². The number of aryl methyl sites for hydroxylation is 2. The molecule has 0 fully saturated rings. The third-order valence-electron chi connectivity index (χ3n) is 2.71. The minimum Gasteiger partial charge on any atom is -0.485 e. The number of nitrogens with zero attached hydrogens (tertiary/aromatic N) is 2. The number of carboxylic acids is 1. The second kappa shape index (κ2) is 5.97. The molecule has 0 saturated heterocycles. The van der Waals surface area contributed by atoms with Gasteiger partial charge in [-0.1, -0.05) is 0 Å². The minimum absolute atomic E-state index is 0.187. The number of hydrogen-bond acceptors (Lipinski definition) is 3. The van der Waals surface area contributed by atoms with Crippen LogP contribution in [0.15, 0.2) is 27.1 Å². The van der Waals surface area contributed by atoms with Gasteiger partial charge in [0.1, 0.15) is 12.4 Å². The zero-order valence-corrected chi connectivity index (χ0v) is 14.0. The van der Waals surface area contributed by atoms with Gasteiger partial charge in [-0.25, -0.2) is 4.79 Å². The number of ether oxygens (including phenoxy) is 1. The van der Waals surface area contributed by atoms with Crippen LogP contribution in [0.1, 0.15) is 21.7 Å². The Labute approximate surface area is 132 Å². The Kier molecular flexibility index (Phi) is 4.49. The second-order valence-electron chi connectivity index (χ2n) is 4.26. The third-order valence-corrected chi connectivity index (χ3v) is 3.89. The highest BCUT2D eigenvalue weighted by Crippen LogP contribution is 2.35. The number of aromatic nitrogens is 2. The van der Waals surface area contributed by atoms with Crippen LogP contribution >= 0.6 is 31.9 Å². The molecule has 0 bridgehead atoms. The maximum atomic E-state index is 10.9. The summed E-state index contributed by atoms with van der Waals surface area (Å²) in [6.07, 6.45) is 0. The van der Waals surface area contributed by atoms with Crippen LogP contribution in [0.25, 0.3) is 0 Å². The Morgan fingerprint density at radius 2 is 1.95 bits per heavy atom. The van der Waals surface area contributed by atoms with Crippen LogP contribution in [-0.2, 0) is 13.7 Å². The first kappa shape index (κ1) is 15.1. The summed E-state index contributed by atoms with van der Waals surface area (Å²) in [7, 11) is 1.85. The van der Waals surface area contributed by atoms with Crippen molar-refractivity contribution in [2.75, 3.05) is 0 Å². The summed E-state index contributed by atoms with van der Waals surface area (Å²) in [5.41, 5.74) is 2.04. The molecule has 0 saturated carbocycles. The summed E-state index contributed by atoms with van der Waals surface area (Å²) in [6, 6.07) is 4.96. The Balaban J connectivity index is 2.22. The van der Waals surface area contributed by atoms with Crippen LogP contribution in [0.3, 0.4) is 0 Å². The molecule has 7 heteroatoms. The second-order valence-corrected chi connectivity index (χ2v) is 5.97. The largest absolute Gasteiger partial charge is 0.485 e. The van der Waals surface area contributed by atoms with Crippen molar-refractivity contribution in [2.45, 2.75) is 13.5 Å². The first-order valence-electron chi connectivity index (χ1n) is 5.73. The van der Waals surface area contributed by atoms with E-state index < -0.39 is 5.97 Å². The minimum atomic E-state index is -0.986. The van der Waals surface area contributed by atoms with Crippen molar-refractivity contribution in [1.82, 2.24) is 9.78 Å². The van der Waals surface area contributed by atoms with Crippen molar-refractivity contribution < 1.29 is 14.6 Å². The van der Waals surface area contributed by atoms with E-state index in [-0.39, 0.29) is 5.56 Å². The van der Waals surface area contributed by atoms with E-state index in [1.54, 1.807) is 4.68 Å². The van der Waals surface area contributed by atoms with E-state index in [0.29, 0.717) is 21.3 Å². The van der Waals surface area contributed by atoms with Crippen molar-refractivity contribution >= 4 is 37.8 Å². The molecule has 2 aromatic rings. The molecule has 0 amide bonds. The lowest BCUT2D eigenvalue weighted by molar-refractivity contribution is 0.0696. The summed E-state index contributed by atoms with van der Waals surface area (Å²) in [4.78, 5) is 10.9. The van der Waals surface area contributed by atoms with Crippen LogP contribution in [-0.4, -0.2) is 20.9 Å². The van der Waals surface area contributed by atoms with E-state index >= 15 is 0 Å². The molecule has 0 aliphatic heterocycles. The van der Waals surface area contributed by atoms with Gasteiger partial charge in [0.15, 0.2) is 0 Å². The highest BCUT2D eigenvalue weighted by molar-refractivity contribution is 9.11. The van der Waals surface area contributed by atoms with Gasteiger partial charge in [-0.3, -0.25) is 4.68 Å². The summed E-state index contributed by atoms with van der Waals surface area (Å²) < 4.78 is 8.66. The summed E-state index contributed by atoms with van der Waals surface area (Å²) in [5, 5.41) is 13.2. The molecule has 2 rings (SSSR count). The van der Waals surface area contributed by atoms with Gasteiger partial charge in [-0.2, -0.15) is 5.10 Å². The average molecular weight is 404 g/mol. The molecular weight excluding hydrogens is 392 g/mol. The smallest absolute Gasteiger partial charge is 0.335 e. The van der Waals surface area contributed by atoms with E-state index in [0.717, 1.165) is 11.4 Å². The fraction of sp³-hybridized carbons (Fsp3) is 0.231. The van der Waals surface area contributed by atoms with Gasteiger partial charge in [-0.05, 0) is 57.0 Å². The van der Waals surface area contributed by atoms with Crippen LogP contribution in [0.4, 0.5) is 0 Å². The lowest BCUT2D eigenvalue weighted by Gasteiger charge is -2.11. The fourth-order valence-electron chi connectivity index (χ4n) is 1.77. The SMILES string of the molecule is Cc1cc(COc2c(Br)cc(C(=O)O)cc2Br)n(C)n1. The van der Waals surface area contributed by atoms with Crippen molar-refractivity contribution in [3.8, 4) is 5.75 Å². The molecule has 0 radical (unpaired) electrons. The molecule has 20 heavy (non-hydrogen) atoms. The van der Waals surface area contributed by atoms with Crippen molar-refractivity contribution in [3.05, 3.63) is 44.1 Å². The molecular formula is C13H12Br2N2O3. The molecule has 1 aromatic carbocycles. The highest BCUT2D eigenvalue weighted by atomic mass is 79.9. The van der Waals surface area contributed by atoms with E-state index in [2.05, 4.69) is 37.0 Å². The first-order valence-corrected chi connectivity index (χ1v) is 7.31. The molecule has 0 spiro atoms. The lowest BCUT2D eigenvalue weighted by Crippen LogP contribution is -2.04. The van der Waals surface area contributed by atoms with Gasteiger partial charge in [0.05, 0.1) is 25.9 Å². The van der Waals surface area contributed by atoms with Crippen molar-refractivity contribution in [1.29, 1.82) is 0 Å². The molecule has 1 N–H and O–H groups in total. The number of carbonyl (C=O) groups is 1. The van der Waals surface area contributed by atoms with E-state index in [1.807, 2.05) is 20.0 Å². The third kappa shape index (κ3) is 3.21. The average Bonchev–Trinajstić information content (AvgIpc) is 2.66. The van der Waals surface area contributed by atoms with Gasteiger partial charge >= 0.3 is 5.97 Å². The molecule has 106 valence electrons. The molecule has 0 atom stereocenters. The highest BCUT2D eigenvalue weighted by Gasteiger charge is 2.13. The van der Waals surface area contributed by atoms with Crippen molar-refractivity contribution in [2.24, 2.45) is 7.05 Å². The van der Waals surface area contributed by atoms with Gasteiger partial charge in [0.2, 0.25) is 0 Å². The molecule has 0 aliphatic carbocycles. The molecule has 5 nitrogen and oxygen atoms in total. The number of benzene rings is 1. The van der Waals surface area contributed by atoms with Gasteiger partial charge < -0.3 is 9.84 Å². The number of aromatic carboxylic acids is 1. The summed E-state index contributed by atoms with van der Waals surface area (Å²) >= 11 is 6.65. The van der Waals surface area contributed by atoms with Crippen LogP contribution in [0.2, 0.25) is 0 Å². The molecule has 1 heterocycles.